The number of hydrogen-bond donors (Lipinski definition) is 2. The molecule has 0 aromatic rings. The van der Waals surface area contributed by atoms with E-state index in [9.17, 15) is 0 Å². The average Bonchev–Trinajstić information content (AvgIpc) is 2.00. The first-order valence-corrected chi connectivity index (χ1v) is 4.85. The van der Waals surface area contributed by atoms with Crippen molar-refractivity contribution in [2.75, 3.05) is 0 Å². The predicted molar refractivity (Wildman–Crippen MR) is 54.7 cm³/mol. The van der Waals surface area contributed by atoms with Crippen LogP contribution in [0.4, 0.5) is 0 Å². The van der Waals surface area contributed by atoms with E-state index < -0.39 is 0 Å². The van der Waals surface area contributed by atoms with Crippen molar-refractivity contribution in [2.24, 2.45) is 11.3 Å². The molecule has 0 unspecified atom stereocenters. The Bertz CT molecular complexity index is 128. The molecule has 0 amide bonds. The van der Waals surface area contributed by atoms with Gasteiger partial charge < -0.3 is 0 Å². The van der Waals surface area contributed by atoms with Crippen LogP contribution in [-0.2, 0) is 0 Å². The normalized spacial score (nSPS) is 13.5. The maximum Gasteiger partial charge on any atom is 0.0315 e. The Hall–Kier alpha value is -0.0800. The molecular formula is C10H24N2. The van der Waals surface area contributed by atoms with Crippen LogP contribution in [0, 0.1) is 5.41 Å². The predicted octanol–water partition coefficient (Wildman–Crippen LogP) is 2.44. The second-order valence-electron chi connectivity index (χ2n) is 4.76. The van der Waals surface area contributed by atoms with Crippen molar-refractivity contribution in [3.8, 4) is 0 Å². The molecule has 2 nitrogen and oxygen atoms in total. The first-order chi connectivity index (χ1) is 5.37. The van der Waals surface area contributed by atoms with Gasteiger partial charge in [0.05, 0.1) is 0 Å². The van der Waals surface area contributed by atoms with Crippen LogP contribution in [0.25, 0.3) is 0 Å². The van der Waals surface area contributed by atoms with Crippen molar-refractivity contribution < 1.29 is 0 Å². The van der Waals surface area contributed by atoms with Crippen molar-refractivity contribution in [3.05, 3.63) is 0 Å². The topological polar surface area (TPSA) is 38.0 Å². The summed E-state index contributed by atoms with van der Waals surface area (Å²) in [5.74, 6) is 5.51. The molecule has 2 heteroatoms. The van der Waals surface area contributed by atoms with E-state index in [1.807, 2.05) is 0 Å². The van der Waals surface area contributed by atoms with Gasteiger partial charge in [-0.15, -0.1) is 0 Å². The van der Waals surface area contributed by atoms with E-state index in [2.05, 4.69) is 40.0 Å². The van der Waals surface area contributed by atoms with Crippen LogP contribution in [0.1, 0.15) is 53.9 Å². The fraction of sp³-hybridized carbons (Fsp3) is 1.00. The number of nitrogens with one attached hydrogen (secondary N) is 1. The zero-order valence-corrected chi connectivity index (χ0v) is 9.20. The van der Waals surface area contributed by atoms with E-state index in [-0.39, 0.29) is 11.0 Å². The lowest BCUT2D eigenvalue weighted by Gasteiger charge is -2.41. The summed E-state index contributed by atoms with van der Waals surface area (Å²) in [6, 6.07) is 0. The quantitative estimate of drug-likeness (QED) is 0.494. The van der Waals surface area contributed by atoms with E-state index in [4.69, 9.17) is 5.84 Å². The lowest BCUT2D eigenvalue weighted by atomic mass is 9.72. The van der Waals surface area contributed by atoms with Gasteiger partial charge in [-0.3, -0.25) is 11.3 Å². The maximum absolute atomic E-state index is 5.51. The van der Waals surface area contributed by atoms with Crippen LogP contribution in [0.15, 0.2) is 0 Å². The highest BCUT2D eigenvalue weighted by molar-refractivity contribution is 4.91. The summed E-state index contributed by atoms with van der Waals surface area (Å²) < 4.78 is 0. The molecule has 0 aromatic carbocycles. The Morgan fingerprint density at radius 1 is 1.17 bits per heavy atom. The van der Waals surface area contributed by atoms with Gasteiger partial charge >= 0.3 is 0 Å². The summed E-state index contributed by atoms with van der Waals surface area (Å²) >= 11 is 0. The minimum absolute atomic E-state index is 0.0160. The summed E-state index contributed by atoms with van der Waals surface area (Å²) in [5, 5.41) is 0. The van der Waals surface area contributed by atoms with E-state index in [1.165, 1.54) is 19.3 Å². The van der Waals surface area contributed by atoms with E-state index in [0.29, 0.717) is 0 Å². The third-order valence-corrected chi connectivity index (χ3v) is 3.21. The lowest BCUT2D eigenvalue weighted by molar-refractivity contribution is 0.139. The molecule has 0 fully saturated rings. The van der Waals surface area contributed by atoms with Crippen molar-refractivity contribution in [1.29, 1.82) is 0 Å². The SMILES string of the molecule is CCCCC(C)(C)C(C)(C)NN. The number of nitrogens with two attached hydrogens (primary N) is 1. The minimum Gasteiger partial charge on any atom is -0.271 e. The van der Waals surface area contributed by atoms with Gasteiger partial charge in [0.25, 0.3) is 0 Å². The second-order valence-corrected chi connectivity index (χ2v) is 4.76. The molecule has 0 saturated heterocycles. The Morgan fingerprint density at radius 3 is 2.00 bits per heavy atom. The van der Waals surface area contributed by atoms with Gasteiger partial charge in [-0.1, -0.05) is 33.6 Å². The summed E-state index contributed by atoms with van der Waals surface area (Å²) in [6.07, 6.45) is 3.75. The molecule has 12 heavy (non-hydrogen) atoms. The fourth-order valence-electron chi connectivity index (χ4n) is 1.13. The Kier molecular flexibility index (Phi) is 4.21. The van der Waals surface area contributed by atoms with Gasteiger partial charge in [-0.05, 0) is 25.7 Å². The smallest absolute Gasteiger partial charge is 0.0315 e. The molecule has 0 bridgehead atoms. The Labute approximate surface area is 76.9 Å². The standard InChI is InChI=1S/C10H24N2/c1-6-7-8-9(2,3)10(4,5)12-11/h12H,6-8,11H2,1-5H3. The molecule has 0 atom stereocenters. The molecule has 0 rings (SSSR count). The molecular weight excluding hydrogens is 148 g/mol. The maximum atomic E-state index is 5.51. The molecule has 0 aliphatic heterocycles. The molecule has 0 aliphatic carbocycles. The molecule has 0 aromatic heterocycles. The van der Waals surface area contributed by atoms with Crippen LogP contribution >= 0.6 is 0 Å². The number of rotatable bonds is 5. The Balaban J connectivity index is 4.17. The largest absolute Gasteiger partial charge is 0.271 e. The van der Waals surface area contributed by atoms with Gasteiger partial charge in [0.15, 0.2) is 0 Å². The number of hydrazine groups is 1. The van der Waals surface area contributed by atoms with Gasteiger partial charge in [0.1, 0.15) is 0 Å². The Morgan fingerprint density at radius 2 is 1.67 bits per heavy atom. The zero-order chi connectivity index (χ0) is 9.83. The average molecular weight is 172 g/mol. The highest BCUT2D eigenvalue weighted by Gasteiger charge is 2.34. The van der Waals surface area contributed by atoms with Gasteiger partial charge in [0.2, 0.25) is 0 Å². The fourth-order valence-corrected chi connectivity index (χ4v) is 1.13. The van der Waals surface area contributed by atoms with Gasteiger partial charge in [0, 0.05) is 5.54 Å². The summed E-state index contributed by atoms with van der Waals surface area (Å²) in [7, 11) is 0. The third kappa shape index (κ3) is 2.76. The summed E-state index contributed by atoms with van der Waals surface area (Å²) in [4.78, 5) is 0. The van der Waals surface area contributed by atoms with Crippen molar-refractivity contribution in [2.45, 2.75) is 59.4 Å². The summed E-state index contributed by atoms with van der Waals surface area (Å²) in [6.45, 7) is 11.1. The van der Waals surface area contributed by atoms with Crippen LogP contribution < -0.4 is 11.3 Å². The van der Waals surface area contributed by atoms with Crippen LogP contribution in [-0.4, -0.2) is 5.54 Å². The molecule has 0 heterocycles. The first kappa shape index (κ1) is 11.9. The number of hydrogen-bond acceptors (Lipinski definition) is 2. The highest BCUT2D eigenvalue weighted by Crippen LogP contribution is 2.34. The molecule has 0 aliphatic rings. The van der Waals surface area contributed by atoms with Crippen molar-refractivity contribution in [3.63, 3.8) is 0 Å². The first-order valence-electron chi connectivity index (χ1n) is 4.85. The van der Waals surface area contributed by atoms with Crippen molar-refractivity contribution in [1.82, 2.24) is 5.43 Å². The summed E-state index contributed by atoms with van der Waals surface area (Å²) in [5.41, 5.74) is 3.17. The molecule has 0 saturated carbocycles. The van der Waals surface area contributed by atoms with E-state index >= 15 is 0 Å². The number of unbranched alkanes of at least 4 members (excludes halogenated alkanes) is 1. The monoisotopic (exact) mass is 172 g/mol. The van der Waals surface area contributed by atoms with Gasteiger partial charge in [-0.2, -0.15) is 0 Å². The lowest BCUT2D eigenvalue weighted by Crippen LogP contribution is -2.54. The molecule has 0 spiro atoms. The highest BCUT2D eigenvalue weighted by atomic mass is 15.3. The molecule has 3 N–H and O–H groups in total. The second kappa shape index (κ2) is 4.24. The van der Waals surface area contributed by atoms with Crippen LogP contribution in [0.2, 0.25) is 0 Å². The zero-order valence-electron chi connectivity index (χ0n) is 9.20. The van der Waals surface area contributed by atoms with Crippen LogP contribution in [0.3, 0.4) is 0 Å². The third-order valence-electron chi connectivity index (χ3n) is 3.21. The molecule has 0 radical (unpaired) electrons. The van der Waals surface area contributed by atoms with Crippen LogP contribution in [0.5, 0.6) is 0 Å². The van der Waals surface area contributed by atoms with Gasteiger partial charge in [-0.25, -0.2) is 0 Å². The van der Waals surface area contributed by atoms with E-state index in [1.54, 1.807) is 0 Å². The van der Waals surface area contributed by atoms with E-state index in [0.717, 1.165) is 0 Å². The van der Waals surface area contributed by atoms with Crippen molar-refractivity contribution >= 4 is 0 Å². The minimum atomic E-state index is 0.0160. The molecule has 74 valence electrons.